The quantitative estimate of drug-likeness (QED) is 0.715. The first kappa shape index (κ1) is 16.7. The molecule has 0 bridgehead atoms. The molecule has 2 N–H and O–H groups in total. The van der Waals surface area contributed by atoms with Gasteiger partial charge in [-0.1, -0.05) is 29.8 Å². The number of nitrogens with zero attached hydrogens (tertiary/aromatic N) is 3. The van der Waals surface area contributed by atoms with Crippen molar-refractivity contribution in [2.24, 2.45) is 0 Å². The number of aromatic nitrogens is 3. The molecule has 0 amide bonds. The molecular formula is C19H17N3O3. The van der Waals surface area contributed by atoms with Crippen LogP contribution in [0.1, 0.15) is 41.4 Å². The Morgan fingerprint density at radius 1 is 1.32 bits per heavy atom. The third kappa shape index (κ3) is 3.69. The van der Waals surface area contributed by atoms with Crippen LogP contribution in [-0.4, -0.2) is 24.9 Å². The number of aliphatic hydroxyl groups excluding tert-OH is 2. The zero-order valence-electron chi connectivity index (χ0n) is 13.7. The average Bonchev–Trinajstić information content (AvgIpc) is 3.29. The number of benzene rings is 1. The maximum Gasteiger partial charge on any atom is 0.210 e. The molecule has 6 nitrogen and oxygen atoms in total. The summed E-state index contributed by atoms with van der Waals surface area (Å²) in [6, 6.07) is 8.97. The normalized spacial score (nSPS) is 11.6. The fourth-order valence-electron chi connectivity index (χ4n) is 2.27. The number of aliphatic hydroxyl groups is 2. The molecule has 0 saturated heterocycles. The SMILES string of the molecule is C=C(c1cc(C#Cc2ccc(CO)cc2)on1)n1ccnc1C(C)O. The van der Waals surface area contributed by atoms with Crippen LogP contribution in [0.25, 0.3) is 5.70 Å². The summed E-state index contributed by atoms with van der Waals surface area (Å²) in [5.74, 6) is 6.75. The Labute approximate surface area is 145 Å². The summed E-state index contributed by atoms with van der Waals surface area (Å²) < 4.78 is 6.89. The Morgan fingerprint density at radius 3 is 2.76 bits per heavy atom. The van der Waals surface area contributed by atoms with Gasteiger partial charge in [0.2, 0.25) is 5.76 Å². The zero-order chi connectivity index (χ0) is 17.8. The Balaban J connectivity index is 1.79. The predicted octanol–water partition coefficient (Wildman–Crippen LogP) is 2.34. The van der Waals surface area contributed by atoms with Gasteiger partial charge in [-0.3, -0.25) is 4.57 Å². The van der Waals surface area contributed by atoms with Crippen molar-refractivity contribution in [2.45, 2.75) is 19.6 Å². The molecule has 25 heavy (non-hydrogen) atoms. The molecule has 2 heterocycles. The highest BCUT2D eigenvalue weighted by molar-refractivity contribution is 5.61. The summed E-state index contributed by atoms with van der Waals surface area (Å²) >= 11 is 0. The second-order valence-electron chi connectivity index (χ2n) is 5.46. The molecule has 0 saturated carbocycles. The average molecular weight is 335 g/mol. The van der Waals surface area contributed by atoms with Crippen molar-refractivity contribution >= 4 is 5.70 Å². The van der Waals surface area contributed by atoms with Gasteiger partial charge >= 0.3 is 0 Å². The molecule has 0 aliphatic heterocycles. The first-order valence-electron chi connectivity index (χ1n) is 7.68. The molecule has 0 aliphatic carbocycles. The molecule has 1 aromatic carbocycles. The van der Waals surface area contributed by atoms with E-state index >= 15 is 0 Å². The van der Waals surface area contributed by atoms with Gasteiger partial charge in [-0.05, 0) is 30.5 Å². The third-order valence-corrected chi connectivity index (χ3v) is 3.61. The maximum atomic E-state index is 9.74. The molecule has 3 rings (SSSR count). The molecule has 126 valence electrons. The number of imidazole rings is 1. The van der Waals surface area contributed by atoms with Gasteiger partial charge in [-0.2, -0.15) is 0 Å². The third-order valence-electron chi connectivity index (χ3n) is 3.61. The first-order valence-corrected chi connectivity index (χ1v) is 7.68. The van der Waals surface area contributed by atoms with Crippen LogP contribution in [0.2, 0.25) is 0 Å². The number of hydrogen-bond donors (Lipinski definition) is 2. The highest BCUT2D eigenvalue weighted by atomic mass is 16.5. The van der Waals surface area contributed by atoms with Gasteiger partial charge in [0.05, 0.1) is 12.3 Å². The van der Waals surface area contributed by atoms with E-state index in [2.05, 4.69) is 28.6 Å². The lowest BCUT2D eigenvalue weighted by Gasteiger charge is -2.09. The minimum Gasteiger partial charge on any atom is -0.392 e. The predicted molar refractivity (Wildman–Crippen MR) is 92.1 cm³/mol. The van der Waals surface area contributed by atoms with Crippen molar-refractivity contribution in [3.8, 4) is 11.8 Å². The van der Waals surface area contributed by atoms with E-state index < -0.39 is 6.10 Å². The van der Waals surface area contributed by atoms with E-state index in [0.717, 1.165) is 11.1 Å². The minimum absolute atomic E-state index is 0.00395. The van der Waals surface area contributed by atoms with E-state index in [1.807, 2.05) is 24.3 Å². The maximum absolute atomic E-state index is 9.74. The topological polar surface area (TPSA) is 84.3 Å². The molecule has 1 unspecified atom stereocenters. The lowest BCUT2D eigenvalue weighted by molar-refractivity contribution is 0.187. The smallest absolute Gasteiger partial charge is 0.210 e. The van der Waals surface area contributed by atoms with Gasteiger partial charge < -0.3 is 14.7 Å². The van der Waals surface area contributed by atoms with E-state index in [9.17, 15) is 5.11 Å². The standard InChI is InChI=1S/C19H17N3O3/c1-13(22-10-9-20-19(22)14(2)24)18-11-17(25-21-18)8-7-15-3-5-16(12-23)6-4-15/h3-6,9-11,14,23-24H,1,12H2,2H3. The fourth-order valence-corrected chi connectivity index (χ4v) is 2.27. The van der Waals surface area contributed by atoms with E-state index in [-0.39, 0.29) is 6.61 Å². The van der Waals surface area contributed by atoms with Gasteiger partial charge in [-0.15, -0.1) is 0 Å². The van der Waals surface area contributed by atoms with Crippen molar-refractivity contribution in [1.29, 1.82) is 0 Å². The van der Waals surface area contributed by atoms with Gasteiger partial charge in [0.1, 0.15) is 17.6 Å². The molecule has 2 aromatic heterocycles. The molecular weight excluding hydrogens is 318 g/mol. The fraction of sp³-hybridized carbons (Fsp3) is 0.158. The van der Waals surface area contributed by atoms with E-state index in [0.29, 0.717) is 23.0 Å². The second kappa shape index (κ2) is 7.18. The minimum atomic E-state index is -0.722. The highest BCUT2D eigenvalue weighted by Gasteiger charge is 2.14. The van der Waals surface area contributed by atoms with Crippen molar-refractivity contribution in [1.82, 2.24) is 14.7 Å². The molecule has 0 spiro atoms. The summed E-state index contributed by atoms with van der Waals surface area (Å²) in [5, 5.41) is 22.7. The molecule has 3 aromatic rings. The van der Waals surface area contributed by atoms with Crippen molar-refractivity contribution in [2.75, 3.05) is 0 Å². The summed E-state index contributed by atoms with van der Waals surface area (Å²) in [4.78, 5) is 4.11. The first-order chi connectivity index (χ1) is 12.1. The van der Waals surface area contributed by atoms with Crippen LogP contribution >= 0.6 is 0 Å². The largest absolute Gasteiger partial charge is 0.392 e. The van der Waals surface area contributed by atoms with Gasteiger partial charge in [0.15, 0.2) is 0 Å². The Kier molecular flexibility index (Phi) is 4.80. The van der Waals surface area contributed by atoms with E-state index in [1.165, 1.54) is 0 Å². The Morgan fingerprint density at radius 2 is 2.08 bits per heavy atom. The monoisotopic (exact) mass is 335 g/mol. The Hall–Kier alpha value is -3.14. The van der Waals surface area contributed by atoms with Crippen LogP contribution in [0, 0.1) is 11.8 Å². The van der Waals surface area contributed by atoms with Crippen LogP contribution in [0.3, 0.4) is 0 Å². The van der Waals surface area contributed by atoms with Crippen molar-refractivity contribution < 1.29 is 14.7 Å². The van der Waals surface area contributed by atoms with Crippen LogP contribution < -0.4 is 0 Å². The van der Waals surface area contributed by atoms with Gasteiger partial charge in [-0.25, -0.2) is 4.98 Å². The lowest BCUT2D eigenvalue weighted by atomic mass is 10.1. The number of rotatable bonds is 4. The number of hydrogen-bond acceptors (Lipinski definition) is 5. The van der Waals surface area contributed by atoms with Gasteiger partial charge in [0, 0.05) is 24.0 Å². The van der Waals surface area contributed by atoms with Crippen LogP contribution in [0.5, 0.6) is 0 Å². The molecule has 0 fully saturated rings. The molecule has 0 radical (unpaired) electrons. The Bertz CT molecular complexity index is 940. The molecule has 0 aliphatic rings. The van der Waals surface area contributed by atoms with Crippen LogP contribution in [0.15, 0.2) is 53.8 Å². The van der Waals surface area contributed by atoms with Crippen molar-refractivity contribution in [3.63, 3.8) is 0 Å². The molecule has 6 heteroatoms. The van der Waals surface area contributed by atoms with Crippen LogP contribution in [-0.2, 0) is 6.61 Å². The summed E-state index contributed by atoms with van der Waals surface area (Å²) in [6.45, 7) is 5.62. The second-order valence-corrected chi connectivity index (χ2v) is 5.46. The van der Waals surface area contributed by atoms with Gasteiger partial charge in [0.25, 0.3) is 0 Å². The van der Waals surface area contributed by atoms with E-state index in [4.69, 9.17) is 9.63 Å². The van der Waals surface area contributed by atoms with Crippen LogP contribution in [0.4, 0.5) is 0 Å². The summed E-state index contributed by atoms with van der Waals surface area (Å²) in [6.07, 6.45) is 2.57. The summed E-state index contributed by atoms with van der Waals surface area (Å²) in [5.41, 5.74) is 2.69. The molecule has 1 atom stereocenters. The lowest BCUT2D eigenvalue weighted by Crippen LogP contribution is -2.05. The highest BCUT2D eigenvalue weighted by Crippen LogP contribution is 2.20. The van der Waals surface area contributed by atoms with Crippen molar-refractivity contribution in [3.05, 3.63) is 77.7 Å². The van der Waals surface area contributed by atoms with E-state index in [1.54, 1.807) is 30.0 Å². The summed E-state index contributed by atoms with van der Waals surface area (Å²) in [7, 11) is 0. The zero-order valence-corrected chi connectivity index (χ0v) is 13.7.